The summed E-state index contributed by atoms with van der Waals surface area (Å²) in [6, 6.07) is 9.56. The van der Waals surface area contributed by atoms with Crippen molar-refractivity contribution in [3.05, 3.63) is 42.7 Å². The summed E-state index contributed by atoms with van der Waals surface area (Å²) < 4.78 is 0. The number of benzene rings is 1. The zero-order valence-electron chi connectivity index (χ0n) is 15.9. The molecule has 1 atom stereocenters. The van der Waals surface area contributed by atoms with Gasteiger partial charge in [-0.25, -0.2) is 9.97 Å². The van der Waals surface area contributed by atoms with E-state index in [1.807, 2.05) is 24.3 Å². The standard InChI is InChI=1S/C20H22N6O2S/c27-17(23-14-5-7-15(8-6-14)26-11-2-1-3-12-26)13-16-18(28)24-20(29-16)25-19-21-9-4-10-22-19/h4-10,16H,1-3,11-13H2,(H,23,27)(H,21,22,24,25,28). The summed E-state index contributed by atoms with van der Waals surface area (Å²) >= 11 is 1.22. The van der Waals surface area contributed by atoms with Gasteiger partial charge in [-0.05, 0) is 49.6 Å². The topological polar surface area (TPSA) is 99.6 Å². The van der Waals surface area contributed by atoms with Gasteiger partial charge >= 0.3 is 0 Å². The van der Waals surface area contributed by atoms with Gasteiger partial charge in [0.1, 0.15) is 5.25 Å². The summed E-state index contributed by atoms with van der Waals surface area (Å²) in [5.41, 5.74) is 1.91. The van der Waals surface area contributed by atoms with E-state index in [0.29, 0.717) is 5.17 Å². The number of nitrogens with one attached hydrogen (secondary N) is 2. The Kier molecular flexibility index (Phi) is 6.04. The SMILES string of the molecule is O=C(CC1S/C(=N\c2ncccn2)NC1=O)Nc1ccc(N2CCCCC2)cc1. The van der Waals surface area contributed by atoms with E-state index in [1.165, 1.54) is 36.7 Å². The first-order chi connectivity index (χ1) is 14.2. The largest absolute Gasteiger partial charge is 0.372 e. The molecule has 0 aliphatic carbocycles. The molecular weight excluding hydrogens is 388 g/mol. The van der Waals surface area contributed by atoms with Crippen molar-refractivity contribution < 1.29 is 9.59 Å². The van der Waals surface area contributed by atoms with E-state index in [2.05, 4.69) is 30.5 Å². The van der Waals surface area contributed by atoms with E-state index in [0.717, 1.165) is 18.8 Å². The van der Waals surface area contributed by atoms with Crippen molar-refractivity contribution in [1.82, 2.24) is 15.3 Å². The Balaban J connectivity index is 1.31. The predicted molar refractivity (Wildman–Crippen MR) is 114 cm³/mol. The second-order valence-electron chi connectivity index (χ2n) is 6.91. The number of amides is 2. The normalized spacial score (nSPS) is 20.6. The average molecular weight is 411 g/mol. The minimum Gasteiger partial charge on any atom is -0.372 e. The molecule has 2 fully saturated rings. The number of carbonyl (C=O) groups is 2. The van der Waals surface area contributed by atoms with E-state index in [1.54, 1.807) is 18.5 Å². The van der Waals surface area contributed by atoms with Crippen LogP contribution < -0.4 is 15.5 Å². The molecule has 2 aliphatic rings. The fraction of sp³-hybridized carbons (Fsp3) is 0.350. The minimum atomic E-state index is -0.523. The van der Waals surface area contributed by atoms with E-state index >= 15 is 0 Å². The van der Waals surface area contributed by atoms with Crippen LogP contribution >= 0.6 is 11.8 Å². The van der Waals surface area contributed by atoms with Gasteiger partial charge in [-0.2, -0.15) is 4.99 Å². The molecule has 2 N–H and O–H groups in total. The Hall–Kier alpha value is -2.94. The molecule has 4 rings (SSSR count). The Labute approximate surface area is 173 Å². The summed E-state index contributed by atoms with van der Waals surface area (Å²) in [5, 5.41) is 5.43. The van der Waals surface area contributed by atoms with Crippen molar-refractivity contribution in [2.24, 2.45) is 4.99 Å². The molecule has 2 amide bonds. The third-order valence-corrected chi connectivity index (χ3v) is 5.86. The third kappa shape index (κ3) is 5.11. The number of aliphatic imine (C=N–C) groups is 1. The number of nitrogens with zero attached hydrogens (tertiary/aromatic N) is 4. The monoisotopic (exact) mass is 410 g/mol. The predicted octanol–water partition coefficient (Wildman–Crippen LogP) is 2.71. The first-order valence-corrected chi connectivity index (χ1v) is 10.5. The number of rotatable bonds is 5. The van der Waals surface area contributed by atoms with E-state index in [4.69, 9.17) is 0 Å². The van der Waals surface area contributed by atoms with E-state index in [9.17, 15) is 9.59 Å². The van der Waals surface area contributed by atoms with Crippen molar-refractivity contribution in [3.8, 4) is 0 Å². The number of hydrogen-bond donors (Lipinski definition) is 2. The second kappa shape index (κ2) is 9.04. The van der Waals surface area contributed by atoms with Gasteiger partial charge in [0.05, 0.1) is 0 Å². The van der Waals surface area contributed by atoms with Crippen LogP contribution in [0.15, 0.2) is 47.7 Å². The molecule has 2 saturated heterocycles. The number of aromatic nitrogens is 2. The number of piperidine rings is 1. The summed E-state index contributed by atoms with van der Waals surface area (Å²) in [4.78, 5) is 39.1. The van der Waals surface area contributed by atoms with Crippen LogP contribution in [0.5, 0.6) is 0 Å². The van der Waals surface area contributed by atoms with Gasteiger partial charge < -0.3 is 15.5 Å². The highest BCUT2D eigenvalue weighted by molar-refractivity contribution is 8.15. The maximum atomic E-state index is 12.4. The molecule has 0 bridgehead atoms. The molecule has 0 radical (unpaired) electrons. The zero-order valence-corrected chi connectivity index (χ0v) is 16.7. The lowest BCUT2D eigenvalue weighted by Gasteiger charge is -2.28. The van der Waals surface area contributed by atoms with Gasteiger partial charge in [-0.1, -0.05) is 11.8 Å². The van der Waals surface area contributed by atoms with Crippen LogP contribution in [-0.4, -0.2) is 45.3 Å². The summed E-state index contributed by atoms with van der Waals surface area (Å²) in [7, 11) is 0. The van der Waals surface area contributed by atoms with E-state index in [-0.39, 0.29) is 24.2 Å². The van der Waals surface area contributed by atoms with Crippen LogP contribution in [0.1, 0.15) is 25.7 Å². The molecule has 150 valence electrons. The van der Waals surface area contributed by atoms with Crippen molar-refractivity contribution in [3.63, 3.8) is 0 Å². The number of anilines is 2. The van der Waals surface area contributed by atoms with Gasteiger partial charge in [0, 0.05) is 43.3 Å². The smallest absolute Gasteiger partial charge is 0.251 e. The average Bonchev–Trinajstić information content (AvgIpc) is 3.08. The lowest BCUT2D eigenvalue weighted by molar-refractivity contribution is -0.122. The van der Waals surface area contributed by atoms with Crippen molar-refractivity contribution in [2.45, 2.75) is 30.9 Å². The third-order valence-electron chi connectivity index (χ3n) is 4.77. The zero-order chi connectivity index (χ0) is 20.1. The lowest BCUT2D eigenvalue weighted by Crippen LogP contribution is -2.29. The fourth-order valence-corrected chi connectivity index (χ4v) is 4.28. The van der Waals surface area contributed by atoms with Crippen LogP contribution in [0.2, 0.25) is 0 Å². The first-order valence-electron chi connectivity index (χ1n) is 9.65. The molecular formula is C20H22N6O2S. The molecule has 1 aromatic carbocycles. The molecule has 3 heterocycles. The van der Waals surface area contributed by atoms with Gasteiger partial charge in [0.2, 0.25) is 11.8 Å². The van der Waals surface area contributed by atoms with Crippen LogP contribution in [0, 0.1) is 0 Å². The molecule has 2 aromatic rings. The quantitative estimate of drug-likeness (QED) is 0.786. The molecule has 1 aromatic heterocycles. The lowest BCUT2D eigenvalue weighted by atomic mass is 10.1. The first kappa shape index (κ1) is 19.4. The number of carbonyl (C=O) groups excluding carboxylic acids is 2. The summed E-state index contributed by atoms with van der Waals surface area (Å²) in [6.45, 7) is 2.16. The van der Waals surface area contributed by atoms with Crippen LogP contribution in [0.3, 0.4) is 0 Å². The molecule has 2 aliphatic heterocycles. The Morgan fingerprint density at radius 2 is 1.90 bits per heavy atom. The molecule has 0 spiro atoms. The Morgan fingerprint density at radius 3 is 2.62 bits per heavy atom. The van der Waals surface area contributed by atoms with Crippen molar-refractivity contribution >= 4 is 46.1 Å². The number of thioether (sulfide) groups is 1. The van der Waals surface area contributed by atoms with Gasteiger partial charge in [-0.3, -0.25) is 9.59 Å². The summed E-state index contributed by atoms with van der Waals surface area (Å²) in [6.07, 6.45) is 6.97. The highest BCUT2D eigenvalue weighted by atomic mass is 32.2. The molecule has 1 unspecified atom stereocenters. The molecule has 29 heavy (non-hydrogen) atoms. The minimum absolute atomic E-state index is 0.0685. The van der Waals surface area contributed by atoms with Gasteiger partial charge in [0.25, 0.3) is 5.95 Å². The molecule has 0 saturated carbocycles. The Bertz CT molecular complexity index is 897. The number of hydrogen-bond acceptors (Lipinski definition) is 7. The van der Waals surface area contributed by atoms with Crippen LogP contribution in [0.25, 0.3) is 0 Å². The number of amidine groups is 1. The maximum Gasteiger partial charge on any atom is 0.251 e. The van der Waals surface area contributed by atoms with E-state index < -0.39 is 5.25 Å². The molecule has 8 nitrogen and oxygen atoms in total. The fourth-order valence-electron chi connectivity index (χ4n) is 3.32. The highest BCUT2D eigenvalue weighted by Crippen LogP contribution is 2.25. The second-order valence-corrected chi connectivity index (χ2v) is 8.10. The summed E-state index contributed by atoms with van der Waals surface area (Å²) in [5.74, 6) is -0.171. The van der Waals surface area contributed by atoms with Crippen LogP contribution in [-0.2, 0) is 9.59 Å². The maximum absolute atomic E-state index is 12.4. The van der Waals surface area contributed by atoms with Crippen molar-refractivity contribution in [1.29, 1.82) is 0 Å². The van der Waals surface area contributed by atoms with Crippen molar-refractivity contribution in [2.75, 3.05) is 23.3 Å². The van der Waals surface area contributed by atoms with Crippen LogP contribution in [0.4, 0.5) is 17.3 Å². The van der Waals surface area contributed by atoms with Gasteiger partial charge in [-0.15, -0.1) is 0 Å². The molecule has 9 heteroatoms. The highest BCUT2D eigenvalue weighted by Gasteiger charge is 2.32. The Morgan fingerprint density at radius 1 is 1.17 bits per heavy atom. The van der Waals surface area contributed by atoms with Gasteiger partial charge in [0.15, 0.2) is 5.17 Å².